The van der Waals surface area contributed by atoms with Crippen molar-refractivity contribution in [2.24, 2.45) is 0 Å². The average Bonchev–Trinajstić information content (AvgIpc) is 3.03. The Labute approximate surface area is 115 Å². The zero-order valence-corrected chi connectivity index (χ0v) is 10.9. The van der Waals surface area contributed by atoms with Gasteiger partial charge in [-0.1, -0.05) is 18.2 Å². The zero-order chi connectivity index (χ0) is 14.1. The van der Waals surface area contributed by atoms with Crippen LogP contribution < -0.4 is 4.74 Å². The number of aromatic nitrogens is 4. The van der Waals surface area contributed by atoms with Gasteiger partial charge >= 0.3 is 5.97 Å². The maximum Gasteiger partial charge on any atom is 0.305 e. The van der Waals surface area contributed by atoms with E-state index in [4.69, 9.17) is 9.84 Å². The summed E-state index contributed by atoms with van der Waals surface area (Å²) in [5, 5.41) is 20.6. The van der Waals surface area contributed by atoms with Gasteiger partial charge in [-0.3, -0.25) is 4.79 Å². The second-order valence-electron chi connectivity index (χ2n) is 4.83. The van der Waals surface area contributed by atoms with Crippen molar-refractivity contribution in [3.05, 3.63) is 35.7 Å². The number of fused-ring (bicyclic) bond motifs is 1. The maximum absolute atomic E-state index is 10.8. The van der Waals surface area contributed by atoms with Crippen molar-refractivity contribution in [2.45, 2.75) is 25.3 Å². The van der Waals surface area contributed by atoms with Crippen LogP contribution in [0.3, 0.4) is 0 Å². The normalized spacial score (nSPS) is 18.4. The van der Waals surface area contributed by atoms with Gasteiger partial charge in [-0.15, -0.1) is 5.10 Å². The SMILES string of the molecule is CC(CC(=O)O)n1nnnc1C1COc2ccccc21. The topological polar surface area (TPSA) is 90.1 Å². The highest BCUT2D eigenvalue weighted by Crippen LogP contribution is 2.37. The summed E-state index contributed by atoms with van der Waals surface area (Å²) in [6.07, 6.45) is -0.0206. The first-order chi connectivity index (χ1) is 9.66. The fraction of sp³-hybridized carbons (Fsp3) is 0.385. The molecule has 20 heavy (non-hydrogen) atoms. The number of tetrazole rings is 1. The van der Waals surface area contributed by atoms with Crippen LogP contribution in [0, 0.1) is 0 Å². The van der Waals surface area contributed by atoms with Crippen LogP contribution >= 0.6 is 0 Å². The van der Waals surface area contributed by atoms with E-state index < -0.39 is 5.97 Å². The lowest BCUT2D eigenvalue weighted by Gasteiger charge is -2.14. The van der Waals surface area contributed by atoms with E-state index in [9.17, 15) is 4.79 Å². The second kappa shape index (κ2) is 4.92. The number of carboxylic acids is 1. The monoisotopic (exact) mass is 274 g/mol. The number of aliphatic carboxylic acids is 1. The fourth-order valence-corrected chi connectivity index (χ4v) is 2.46. The molecule has 0 spiro atoms. The van der Waals surface area contributed by atoms with Gasteiger partial charge in [0.25, 0.3) is 0 Å². The summed E-state index contributed by atoms with van der Waals surface area (Å²) < 4.78 is 7.20. The molecule has 0 aliphatic carbocycles. The molecule has 0 bridgehead atoms. The van der Waals surface area contributed by atoms with E-state index in [0.29, 0.717) is 12.4 Å². The Morgan fingerprint density at radius 2 is 2.35 bits per heavy atom. The van der Waals surface area contributed by atoms with Crippen molar-refractivity contribution in [1.29, 1.82) is 0 Å². The number of benzene rings is 1. The molecule has 0 fully saturated rings. The number of ether oxygens (including phenoxy) is 1. The molecule has 1 aromatic heterocycles. The van der Waals surface area contributed by atoms with E-state index in [1.165, 1.54) is 0 Å². The summed E-state index contributed by atoms with van der Waals surface area (Å²) in [6, 6.07) is 7.44. The van der Waals surface area contributed by atoms with E-state index in [2.05, 4.69) is 15.5 Å². The number of hydrogen-bond donors (Lipinski definition) is 1. The van der Waals surface area contributed by atoms with Crippen molar-refractivity contribution in [3.63, 3.8) is 0 Å². The summed E-state index contributed by atoms with van der Waals surface area (Å²) in [7, 11) is 0. The molecule has 1 aromatic carbocycles. The lowest BCUT2D eigenvalue weighted by molar-refractivity contribution is -0.137. The van der Waals surface area contributed by atoms with Gasteiger partial charge in [0.1, 0.15) is 12.4 Å². The van der Waals surface area contributed by atoms with Gasteiger partial charge in [0.05, 0.1) is 18.4 Å². The molecular weight excluding hydrogens is 260 g/mol. The van der Waals surface area contributed by atoms with E-state index >= 15 is 0 Å². The van der Waals surface area contributed by atoms with Gasteiger partial charge in [-0.05, 0) is 23.4 Å². The lowest BCUT2D eigenvalue weighted by atomic mass is 10.0. The summed E-state index contributed by atoms with van der Waals surface area (Å²) >= 11 is 0. The van der Waals surface area contributed by atoms with Gasteiger partial charge in [0.2, 0.25) is 0 Å². The van der Waals surface area contributed by atoms with Crippen molar-refractivity contribution < 1.29 is 14.6 Å². The van der Waals surface area contributed by atoms with Crippen LogP contribution in [0.25, 0.3) is 0 Å². The highest BCUT2D eigenvalue weighted by molar-refractivity contribution is 5.67. The smallest absolute Gasteiger partial charge is 0.305 e. The first-order valence-electron chi connectivity index (χ1n) is 6.38. The Hall–Kier alpha value is -2.44. The summed E-state index contributed by atoms with van der Waals surface area (Å²) in [5.41, 5.74) is 1.03. The molecule has 2 atom stereocenters. The molecule has 1 aliphatic rings. The fourth-order valence-electron chi connectivity index (χ4n) is 2.46. The van der Waals surface area contributed by atoms with Crippen LogP contribution in [0.5, 0.6) is 5.75 Å². The van der Waals surface area contributed by atoms with Gasteiger partial charge in [0.15, 0.2) is 5.82 Å². The predicted octanol–water partition coefficient (Wildman–Crippen LogP) is 1.23. The van der Waals surface area contributed by atoms with Crippen LogP contribution in [-0.2, 0) is 4.79 Å². The minimum absolute atomic E-state index is 0.0206. The van der Waals surface area contributed by atoms with Crippen LogP contribution in [0.15, 0.2) is 24.3 Å². The first-order valence-corrected chi connectivity index (χ1v) is 6.38. The number of nitrogens with zero attached hydrogens (tertiary/aromatic N) is 4. The first kappa shape index (κ1) is 12.6. The maximum atomic E-state index is 10.8. The molecule has 0 saturated carbocycles. The molecule has 0 amide bonds. The van der Waals surface area contributed by atoms with Crippen LogP contribution in [0.2, 0.25) is 0 Å². The number of hydrogen-bond acceptors (Lipinski definition) is 5. The van der Waals surface area contributed by atoms with E-state index in [1.807, 2.05) is 24.3 Å². The van der Waals surface area contributed by atoms with Gasteiger partial charge in [-0.2, -0.15) is 0 Å². The number of para-hydroxylation sites is 1. The Bertz CT molecular complexity index is 640. The molecule has 0 radical (unpaired) electrons. The number of rotatable bonds is 4. The van der Waals surface area contributed by atoms with Gasteiger partial charge in [0, 0.05) is 5.56 Å². The molecule has 7 heteroatoms. The molecule has 1 N–H and O–H groups in total. The van der Waals surface area contributed by atoms with Crippen LogP contribution in [0.4, 0.5) is 0 Å². The molecule has 3 rings (SSSR count). The third-order valence-electron chi connectivity index (χ3n) is 3.42. The molecule has 7 nitrogen and oxygen atoms in total. The highest BCUT2D eigenvalue weighted by Gasteiger charge is 2.31. The van der Waals surface area contributed by atoms with Crippen molar-refractivity contribution >= 4 is 5.97 Å². The largest absolute Gasteiger partial charge is 0.492 e. The van der Waals surface area contributed by atoms with Crippen molar-refractivity contribution in [1.82, 2.24) is 20.2 Å². The number of carboxylic acid groups (broad SMARTS) is 1. The molecule has 2 unspecified atom stereocenters. The van der Waals surface area contributed by atoms with Crippen LogP contribution in [-0.4, -0.2) is 37.9 Å². The molecule has 2 heterocycles. The Morgan fingerprint density at radius 3 is 3.15 bits per heavy atom. The Kier molecular flexibility index (Phi) is 3.09. The molecule has 0 saturated heterocycles. The van der Waals surface area contributed by atoms with Gasteiger partial charge in [-0.25, -0.2) is 4.68 Å². The molecule has 104 valence electrons. The second-order valence-corrected chi connectivity index (χ2v) is 4.83. The van der Waals surface area contributed by atoms with E-state index in [0.717, 1.165) is 11.3 Å². The highest BCUT2D eigenvalue weighted by atomic mass is 16.5. The van der Waals surface area contributed by atoms with Crippen LogP contribution in [0.1, 0.15) is 36.7 Å². The Balaban J connectivity index is 1.93. The minimum Gasteiger partial charge on any atom is -0.492 e. The third-order valence-corrected chi connectivity index (χ3v) is 3.42. The zero-order valence-electron chi connectivity index (χ0n) is 10.9. The Morgan fingerprint density at radius 1 is 1.55 bits per heavy atom. The molecular formula is C13H14N4O3. The summed E-state index contributed by atoms with van der Waals surface area (Å²) in [6.45, 7) is 2.26. The summed E-state index contributed by atoms with van der Waals surface area (Å²) in [4.78, 5) is 10.8. The quantitative estimate of drug-likeness (QED) is 0.901. The third kappa shape index (κ3) is 2.11. The average molecular weight is 274 g/mol. The van der Waals surface area contributed by atoms with Crippen molar-refractivity contribution in [3.8, 4) is 5.75 Å². The van der Waals surface area contributed by atoms with Gasteiger partial charge < -0.3 is 9.84 Å². The van der Waals surface area contributed by atoms with E-state index in [-0.39, 0.29) is 18.4 Å². The van der Waals surface area contributed by atoms with E-state index in [1.54, 1.807) is 11.6 Å². The number of carbonyl (C=O) groups is 1. The molecule has 2 aromatic rings. The summed E-state index contributed by atoms with van der Waals surface area (Å²) in [5.74, 6) is 0.543. The lowest BCUT2D eigenvalue weighted by Crippen LogP contribution is -2.18. The van der Waals surface area contributed by atoms with Crippen molar-refractivity contribution in [2.75, 3.05) is 6.61 Å². The molecule has 1 aliphatic heterocycles. The minimum atomic E-state index is -0.873. The predicted molar refractivity (Wildman–Crippen MR) is 68.6 cm³/mol. The standard InChI is InChI=1S/C13H14N4O3/c1-8(6-12(18)19)17-13(14-15-16-17)10-7-20-11-5-3-2-4-9(10)11/h2-5,8,10H,6-7H2,1H3,(H,18,19).